The van der Waals surface area contributed by atoms with E-state index in [1.54, 1.807) is 0 Å². The molecule has 1 aliphatic heterocycles. The van der Waals surface area contributed by atoms with Gasteiger partial charge in [0, 0.05) is 15.9 Å². The smallest absolute Gasteiger partial charge is 0.0957 e. The number of rotatable bonds is 2. The summed E-state index contributed by atoms with van der Waals surface area (Å²) in [6, 6.07) is 2.49. The number of hydrogen-bond acceptors (Lipinski definition) is 3. The zero-order valence-electron chi connectivity index (χ0n) is 10.9. The lowest BCUT2D eigenvalue weighted by Crippen LogP contribution is -2.37. The summed E-state index contributed by atoms with van der Waals surface area (Å²) >= 11 is 1.83. The molecule has 1 N–H and O–H groups in total. The Morgan fingerprint density at radius 3 is 3.00 bits per heavy atom. The van der Waals surface area contributed by atoms with E-state index >= 15 is 0 Å². The molecule has 2 aromatic heterocycles. The van der Waals surface area contributed by atoms with Crippen molar-refractivity contribution in [1.29, 1.82) is 0 Å². The topological polar surface area (TPSA) is 38.1 Å². The Hall–Kier alpha value is -1.13. The molecule has 0 amide bonds. The molecule has 100 valence electrons. The molecule has 4 heteroatoms. The summed E-state index contributed by atoms with van der Waals surface area (Å²) in [4.78, 5) is 5.74. The Balaban J connectivity index is 1.87. The number of nitrogens with zero attached hydrogens (tertiary/aromatic N) is 2. The van der Waals surface area contributed by atoms with Crippen LogP contribution in [0, 0.1) is 5.41 Å². The predicted molar refractivity (Wildman–Crippen MR) is 76.3 cm³/mol. The molecule has 1 fully saturated rings. The molecule has 1 unspecified atom stereocenters. The Morgan fingerprint density at radius 2 is 2.21 bits per heavy atom. The van der Waals surface area contributed by atoms with Gasteiger partial charge in [-0.2, -0.15) is 0 Å². The second kappa shape index (κ2) is 4.18. The average Bonchev–Trinajstić information content (AvgIpc) is 3.11. The molecule has 2 aliphatic rings. The molecule has 3 heterocycles. The van der Waals surface area contributed by atoms with Gasteiger partial charge in [-0.15, -0.1) is 11.3 Å². The molecule has 1 saturated carbocycles. The van der Waals surface area contributed by atoms with Gasteiger partial charge in [0.05, 0.1) is 30.9 Å². The van der Waals surface area contributed by atoms with Gasteiger partial charge in [0.2, 0.25) is 0 Å². The van der Waals surface area contributed by atoms with Crippen LogP contribution in [0.5, 0.6) is 0 Å². The van der Waals surface area contributed by atoms with Crippen molar-refractivity contribution in [2.45, 2.75) is 38.1 Å². The van der Waals surface area contributed by atoms with Gasteiger partial charge in [-0.1, -0.05) is 19.3 Å². The standard InChI is InChI=1S/C15H18N2OS/c18-9-15(5-2-1-3-6-15)14-13-11(4-7-19-13)12-8-16-10-17(12)14/h4,7-8,10,14,18H,1-3,5-6,9H2. The number of fused-ring (bicyclic) bond motifs is 3. The number of aliphatic hydroxyl groups excluding tert-OH is 1. The molecule has 19 heavy (non-hydrogen) atoms. The number of hydrogen-bond donors (Lipinski definition) is 1. The molecule has 2 aromatic rings. The Kier molecular flexibility index (Phi) is 2.57. The van der Waals surface area contributed by atoms with E-state index in [0.717, 1.165) is 12.8 Å². The normalized spacial score (nSPS) is 24.2. The molecule has 0 bridgehead atoms. The second-order valence-electron chi connectivity index (χ2n) is 5.87. The van der Waals surface area contributed by atoms with Gasteiger partial charge in [0.1, 0.15) is 0 Å². The molecule has 0 radical (unpaired) electrons. The largest absolute Gasteiger partial charge is 0.396 e. The summed E-state index contributed by atoms with van der Waals surface area (Å²) in [5.74, 6) is 0. The third kappa shape index (κ3) is 1.50. The van der Waals surface area contributed by atoms with Crippen LogP contribution in [0.1, 0.15) is 43.0 Å². The van der Waals surface area contributed by atoms with E-state index < -0.39 is 0 Å². The van der Waals surface area contributed by atoms with Gasteiger partial charge in [-0.3, -0.25) is 0 Å². The zero-order chi connectivity index (χ0) is 12.9. The van der Waals surface area contributed by atoms with Gasteiger partial charge in [0.25, 0.3) is 0 Å². The fourth-order valence-corrected chi connectivity index (χ4v) is 5.08. The summed E-state index contributed by atoms with van der Waals surface area (Å²) < 4.78 is 2.29. The lowest BCUT2D eigenvalue weighted by molar-refractivity contribution is 0.0474. The van der Waals surface area contributed by atoms with Crippen LogP contribution >= 0.6 is 11.3 Å². The van der Waals surface area contributed by atoms with Gasteiger partial charge in [-0.25, -0.2) is 4.98 Å². The van der Waals surface area contributed by atoms with Crippen LogP contribution in [0.15, 0.2) is 24.0 Å². The van der Waals surface area contributed by atoms with Crippen molar-refractivity contribution in [2.75, 3.05) is 6.61 Å². The number of aromatic nitrogens is 2. The van der Waals surface area contributed by atoms with E-state index in [-0.39, 0.29) is 12.0 Å². The highest BCUT2D eigenvalue weighted by Crippen LogP contribution is 2.55. The van der Waals surface area contributed by atoms with E-state index in [2.05, 4.69) is 21.0 Å². The van der Waals surface area contributed by atoms with Crippen molar-refractivity contribution in [3.05, 3.63) is 28.8 Å². The third-order valence-corrected chi connectivity index (χ3v) is 5.88. The van der Waals surface area contributed by atoms with Gasteiger partial charge < -0.3 is 9.67 Å². The molecule has 0 saturated heterocycles. The van der Waals surface area contributed by atoms with E-state index in [4.69, 9.17) is 0 Å². The monoisotopic (exact) mass is 274 g/mol. The number of imidazole rings is 1. The van der Waals surface area contributed by atoms with Gasteiger partial charge in [0.15, 0.2) is 0 Å². The van der Waals surface area contributed by atoms with Crippen LogP contribution in [0.25, 0.3) is 11.3 Å². The van der Waals surface area contributed by atoms with Crippen LogP contribution in [0.3, 0.4) is 0 Å². The number of thiophene rings is 1. The lowest BCUT2D eigenvalue weighted by Gasteiger charge is -2.41. The van der Waals surface area contributed by atoms with Gasteiger partial charge >= 0.3 is 0 Å². The second-order valence-corrected chi connectivity index (χ2v) is 6.82. The van der Waals surface area contributed by atoms with E-state index in [1.165, 1.54) is 35.4 Å². The van der Waals surface area contributed by atoms with Crippen molar-refractivity contribution >= 4 is 11.3 Å². The molecule has 1 atom stereocenters. The maximum absolute atomic E-state index is 10.1. The van der Waals surface area contributed by atoms with E-state index in [0.29, 0.717) is 6.04 Å². The van der Waals surface area contributed by atoms with E-state index in [9.17, 15) is 5.11 Å². The molecular formula is C15H18N2OS. The summed E-state index contributed by atoms with van der Waals surface area (Å²) in [6.45, 7) is 0.284. The van der Waals surface area contributed by atoms with Crippen LogP contribution in [0.4, 0.5) is 0 Å². The van der Waals surface area contributed by atoms with Crippen LogP contribution in [0.2, 0.25) is 0 Å². The average molecular weight is 274 g/mol. The van der Waals surface area contributed by atoms with Crippen LogP contribution in [-0.2, 0) is 0 Å². The van der Waals surface area contributed by atoms with Crippen molar-refractivity contribution in [3.8, 4) is 11.3 Å². The van der Waals surface area contributed by atoms with Crippen LogP contribution in [-0.4, -0.2) is 21.3 Å². The minimum Gasteiger partial charge on any atom is -0.396 e. The third-order valence-electron chi connectivity index (χ3n) is 4.91. The van der Waals surface area contributed by atoms with Crippen molar-refractivity contribution in [2.24, 2.45) is 5.41 Å². The van der Waals surface area contributed by atoms with E-state index in [1.807, 2.05) is 23.9 Å². The Labute approximate surface area is 116 Å². The molecule has 4 rings (SSSR count). The van der Waals surface area contributed by atoms with Crippen molar-refractivity contribution in [1.82, 2.24) is 9.55 Å². The van der Waals surface area contributed by atoms with Gasteiger partial charge in [-0.05, 0) is 24.3 Å². The van der Waals surface area contributed by atoms with Crippen molar-refractivity contribution < 1.29 is 5.11 Å². The molecule has 3 nitrogen and oxygen atoms in total. The summed E-state index contributed by atoms with van der Waals surface area (Å²) in [5.41, 5.74) is 2.56. The fraction of sp³-hybridized carbons (Fsp3) is 0.533. The quantitative estimate of drug-likeness (QED) is 0.910. The van der Waals surface area contributed by atoms with Crippen molar-refractivity contribution in [3.63, 3.8) is 0 Å². The summed E-state index contributed by atoms with van der Waals surface area (Å²) in [7, 11) is 0. The predicted octanol–water partition coefficient (Wildman–Crippen LogP) is 3.46. The minimum atomic E-state index is 0.0177. The molecule has 1 aliphatic carbocycles. The fourth-order valence-electron chi connectivity index (χ4n) is 3.94. The van der Waals surface area contributed by atoms with Crippen LogP contribution < -0.4 is 0 Å². The molecule has 0 spiro atoms. The first kappa shape index (κ1) is 11.7. The highest BCUT2D eigenvalue weighted by Gasteiger charge is 2.46. The molecule has 0 aromatic carbocycles. The maximum Gasteiger partial charge on any atom is 0.0957 e. The first-order valence-electron chi connectivity index (χ1n) is 7.06. The highest BCUT2D eigenvalue weighted by atomic mass is 32.1. The summed E-state index contributed by atoms with van der Waals surface area (Å²) in [6.07, 6.45) is 9.94. The number of aliphatic hydroxyl groups is 1. The highest BCUT2D eigenvalue weighted by molar-refractivity contribution is 7.10. The Morgan fingerprint density at radius 1 is 1.37 bits per heavy atom. The maximum atomic E-state index is 10.1. The SMILES string of the molecule is OCC1(C2c3sccc3-c3cncn32)CCCCC1. The first-order chi connectivity index (χ1) is 9.36. The summed E-state index contributed by atoms with van der Waals surface area (Å²) in [5, 5.41) is 12.3. The Bertz CT molecular complexity index is 555. The molecular weight excluding hydrogens is 256 g/mol. The first-order valence-corrected chi connectivity index (χ1v) is 7.94. The minimum absolute atomic E-state index is 0.0177. The zero-order valence-corrected chi connectivity index (χ0v) is 11.7. The lowest BCUT2D eigenvalue weighted by atomic mass is 9.69.